The van der Waals surface area contributed by atoms with Crippen LogP contribution in [-0.4, -0.2) is 15.3 Å². The van der Waals surface area contributed by atoms with Crippen molar-refractivity contribution in [1.29, 1.82) is 0 Å². The average molecular weight is 113 g/mol. The number of aliphatic hydroxyl groups is 1. The molecule has 1 aromatic heterocycles. The zero-order valence-corrected chi connectivity index (χ0v) is 4.33. The first-order chi connectivity index (χ1) is 3.80. The Morgan fingerprint density at radius 3 is 2.88 bits per heavy atom. The summed E-state index contributed by atoms with van der Waals surface area (Å²) in [5, 5.41) is 15.3. The second kappa shape index (κ2) is 1.92. The van der Waals surface area contributed by atoms with Crippen LogP contribution in [0.3, 0.4) is 0 Å². The predicted octanol–water partition coefficient (Wildman–Crippen LogP) is -0.0769. The molecule has 0 aliphatic rings. The van der Waals surface area contributed by atoms with Crippen molar-refractivity contribution < 1.29 is 9.52 Å². The van der Waals surface area contributed by atoms with Crippen LogP contribution in [0.1, 0.15) is 18.9 Å². The molecular weight excluding hydrogens is 108 g/mol. The summed E-state index contributed by atoms with van der Waals surface area (Å²) in [6, 6.07) is 0. The Balaban J connectivity index is 2.77. The third-order valence-corrected chi connectivity index (χ3v) is 0.697. The summed E-state index contributed by atoms with van der Waals surface area (Å²) in [6.45, 7) is 1.54. The van der Waals surface area contributed by atoms with Crippen LogP contribution in [0.2, 0.25) is 0 Å². The van der Waals surface area contributed by atoms with Gasteiger partial charge in [-0.25, -0.2) is 0 Å². The molecule has 43 valence electrons. The molecule has 0 aromatic carbocycles. The van der Waals surface area contributed by atoms with E-state index >= 15 is 0 Å². The van der Waals surface area contributed by atoms with Gasteiger partial charge in [0.15, 0.2) is 0 Å². The normalized spacial score (nSPS) is 13.8. The van der Waals surface area contributed by atoms with Crippen molar-refractivity contribution in [3.8, 4) is 0 Å². The third-order valence-electron chi connectivity index (χ3n) is 0.697. The van der Waals surface area contributed by atoms with Crippen molar-refractivity contribution in [3.63, 3.8) is 0 Å². The number of aromatic nitrogens is 2. The molecule has 1 unspecified atom stereocenters. The minimum atomic E-state index is -0.686. The first-order valence-corrected chi connectivity index (χ1v) is 2.18. The summed E-state index contributed by atoms with van der Waals surface area (Å²) in [5.74, 6) is 0.199. The van der Waals surface area contributed by atoms with Crippen LogP contribution in [-0.2, 0) is 0 Å². The molecule has 4 heteroatoms. The maximum atomic E-state index is 8.70. The first kappa shape index (κ1) is 5.24. The molecule has 0 spiro atoms. The van der Waals surface area contributed by atoms with Gasteiger partial charge >= 0.3 is 6.39 Å². The molecule has 4 nitrogen and oxygen atoms in total. The maximum Gasteiger partial charge on any atom is 0.306 e. The predicted molar refractivity (Wildman–Crippen MR) is 23.8 cm³/mol. The van der Waals surface area contributed by atoms with Crippen molar-refractivity contribution in [2.45, 2.75) is 13.0 Å². The molecule has 0 amide bonds. The Kier molecular flexibility index (Phi) is 1.26. The highest BCUT2D eigenvalue weighted by molar-refractivity contribution is 4.75. The topological polar surface area (TPSA) is 59.2 Å². The van der Waals surface area contributed by atoms with Gasteiger partial charge in [0.25, 0.3) is 0 Å². The molecule has 1 N–H and O–H groups in total. The molecule has 0 bridgehead atoms. The Hall–Kier alpha value is -0.900. The molecule has 1 aromatic rings. The Morgan fingerprint density at radius 2 is 2.62 bits per heavy atom. The van der Waals surface area contributed by atoms with E-state index in [-0.39, 0.29) is 5.89 Å². The Morgan fingerprint density at radius 1 is 1.88 bits per heavy atom. The van der Waals surface area contributed by atoms with Gasteiger partial charge < -0.3 is 9.52 Å². The fourth-order valence-electron chi connectivity index (χ4n) is 0.326. The van der Waals surface area contributed by atoms with E-state index in [0.29, 0.717) is 0 Å². The molecule has 1 heterocycles. The van der Waals surface area contributed by atoms with E-state index in [1.807, 2.05) is 0 Å². The summed E-state index contributed by atoms with van der Waals surface area (Å²) >= 11 is 0. The minimum Gasteiger partial charge on any atom is -0.414 e. The smallest absolute Gasteiger partial charge is 0.306 e. The average Bonchev–Trinajstić information content (AvgIpc) is 2.12. The number of hydrogen-bond donors (Lipinski definition) is 1. The summed E-state index contributed by atoms with van der Waals surface area (Å²) in [5.41, 5.74) is 0. The minimum absolute atomic E-state index is 0.199. The lowest BCUT2D eigenvalue weighted by Gasteiger charge is -1.90. The molecule has 0 aliphatic carbocycles. The van der Waals surface area contributed by atoms with Crippen LogP contribution < -0.4 is 0 Å². The fourth-order valence-corrected chi connectivity index (χ4v) is 0.326. The van der Waals surface area contributed by atoms with Gasteiger partial charge in [0.1, 0.15) is 6.10 Å². The van der Waals surface area contributed by atoms with E-state index in [9.17, 15) is 0 Å². The number of aliphatic hydroxyl groups excluding tert-OH is 1. The molecule has 8 heavy (non-hydrogen) atoms. The van der Waals surface area contributed by atoms with Crippen LogP contribution in [0.5, 0.6) is 0 Å². The van der Waals surface area contributed by atoms with Crippen LogP contribution in [0.4, 0.5) is 0 Å². The van der Waals surface area contributed by atoms with Gasteiger partial charge in [-0.2, -0.15) is 0 Å². The highest BCUT2D eigenvalue weighted by atomic mass is 16.4. The van der Waals surface area contributed by atoms with E-state index in [0.717, 1.165) is 0 Å². The SMILES string of the molecule is CC(O)c1nn[c]o1. The van der Waals surface area contributed by atoms with Crippen LogP contribution in [0.25, 0.3) is 0 Å². The van der Waals surface area contributed by atoms with Gasteiger partial charge in [-0.05, 0) is 6.92 Å². The maximum absolute atomic E-state index is 8.70. The second-order valence-electron chi connectivity index (χ2n) is 1.41. The lowest BCUT2D eigenvalue weighted by atomic mass is 10.4. The van der Waals surface area contributed by atoms with E-state index in [2.05, 4.69) is 21.0 Å². The molecule has 1 radical (unpaired) electrons. The number of hydrogen-bond acceptors (Lipinski definition) is 4. The summed E-state index contributed by atoms with van der Waals surface area (Å²) < 4.78 is 4.50. The van der Waals surface area contributed by atoms with Gasteiger partial charge in [-0.3, -0.25) is 0 Å². The lowest BCUT2D eigenvalue weighted by Crippen LogP contribution is -1.89. The fraction of sp³-hybridized carbons (Fsp3) is 0.500. The molecule has 0 aliphatic heterocycles. The summed E-state index contributed by atoms with van der Waals surface area (Å²) in [4.78, 5) is 0. The van der Waals surface area contributed by atoms with E-state index in [1.54, 1.807) is 6.92 Å². The molecule has 0 saturated carbocycles. The molecule has 0 fully saturated rings. The van der Waals surface area contributed by atoms with Crippen molar-refractivity contribution in [2.24, 2.45) is 0 Å². The van der Waals surface area contributed by atoms with Gasteiger partial charge in [-0.15, -0.1) is 10.2 Å². The third kappa shape index (κ3) is 0.840. The van der Waals surface area contributed by atoms with Crippen molar-refractivity contribution in [3.05, 3.63) is 12.3 Å². The molecule has 1 atom stereocenters. The summed E-state index contributed by atoms with van der Waals surface area (Å²) in [6.07, 6.45) is 1.43. The van der Waals surface area contributed by atoms with Crippen LogP contribution in [0.15, 0.2) is 4.42 Å². The largest absolute Gasteiger partial charge is 0.414 e. The van der Waals surface area contributed by atoms with Gasteiger partial charge in [0.05, 0.1) is 0 Å². The molecular formula is C4H5N2O2. The van der Waals surface area contributed by atoms with Crippen molar-refractivity contribution in [1.82, 2.24) is 10.2 Å². The van der Waals surface area contributed by atoms with Gasteiger partial charge in [-0.1, -0.05) is 0 Å². The quantitative estimate of drug-likeness (QED) is 0.553. The monoisotopic (exact) mass is 113 g/mol. The van der Waals surface area contributed by atoms with Gasteiger partial charge in [0, 0.05) is 0 Å². The van der Waals surface area contributed by atoms with Crippen molar-refractivity contribution in [2.75, 3.05) is 0 Å². The summed E-state index contributed by atoms with van der Waals surface area (Å²) in [7, 11) is 0. The Bertz CT molecular complexity index is 147. The van der Waals surface area contributed by atoms with E-state index < -0.39 is 6.10 Å². The highest BCUT2D eigenvalue weighted by Gasteiger charge is 2.04. The molecule has 1 rings (SSSR count). The lowest BCUT2D eigenvalue weighted by molar-refractivity contribution is 0.162. The number of rotatable bonds is 1. The highest BCUT2D eigenvalue weighted by Crippen LogP contribution is 2.04. The van der Waals surface area contributed by atoms with E-state index in [1.165, 1.54) is 0 Å². The zero-order valence-electron chi connectivity index (χ0n) is 4.33. The number of nitrogens with zero attached hydrogens (tertiary/aromatic N) is 2. The second-order valence-corrected chi connectivity index (χ2v) is 1.41. The van der Waals surface area contributed by atoms with E-state index in [4.69, 9.17) is 5.11 Å². The van der Waals surface area contributed by atoms with Gasteiger partial charge in [0.2, 0.25) is 5.89 Å². The molecule has 0 saturated heterocycles. The van der Waals surface area contributed by atoms with Crippen molar-refractivity contribution >= 4 is 0 Å². The first-order valence-electron chi connectivity index (χ1n) is 2.18. The van der Waals surface area contributed by atoms with Crippen LogP contribution in [0, 0.1) is 6.39 Å². The van der Waals surface area contributed by atoms with Crippen LogP contribution >= 0.6 is 0 Å². The standard InChI is InChI=1S/C4H5N2O2/c1-3(7)4-6-5-2-8-4/h3,7H,1H3. The Labute approximate surface area is 46.2 Å². The zero-order chi connectivity index (χ0) is 5.98.